The summed E-state index contributed by atoms with van der Waals surface area (Å²) >= 11 is 5.00. The lowest BCUT2D eigenvalue weighted by Gasteiger charge is -2.27. The molecular formula is C24H22BrN3O4S. The van der Waals surface area contributed by atoms with E-state index in [2.05, 4.69) is 38.5 Å². The van der Waals surface area contributed by atoms with Gasteiger partial charge < -0.3 is 25.0 Å². The van der Waals surface area contributed by atoms with E-state index in [4.69, 9.17) is 9.47 Å². The van der Waals surface area contributed by atoms with Crippen LogP contribution in [0.1, 0.15) is 42.9 Å². The Morgan fingerprint density at radius 1 is 1.15 bits per heavy atom. The highest BCUT2D eigenvalue weighted by Gasteiger charge is 2.33. The average Bonchev–Trinajstić information content (AvgIpc) is 3.17. The smallest absolute Gasteiger partial charge is 0.343 e. The number of nitrogens with zero attached hydrogens (tertiary/aromatic N) is 1. The minimum absolute atomic E-state index is 0.0690. The molecule has 1 amide bonds. The van der Waals surface area contributed by atoms with Crippen LogP contribution in [-0.2, 0) is 13.0 Å². The monoisotopic (exact) mass is 527 g/mol. The highest BCUT2D eigenvalue weighted by atomic mass is 79.9. The minimum Gasteiger partial charge on any atom is -0.493 e. The van der Waals surface area contributed by atoms with Gasteiger partial charge in [0.2, 0.25) is 0 Å². The maximum atomic E-state index is 13.0. The van der Waals surface area contributed by atoms with E-state index in [1.54, 1.807) is 47.7 Å². The van der Waals surface area contributed by atoms with Gasteiger partial charge in [0.25, 0.3) is 5.91 Å². The summed E-state index contributed by atoms with van der Waals surface area (Å²) in [6.07, 6.45) is 0.469. The van der Waals surface area contributed by atoms with Gasteiger partial charge in [-0.2, -0.15) is 0 Å². The Kier molecular flexibility index (Phi) is 5.86. The number of anilines is 1. The van der Waals surface area contributed by atoms with Crippen molar-refractivity contribution >= 4 is 44.1 Å². The summed E-state index contributed by atoms with van der Waals surface area (Å²) in [6, 6.07) is 12.2. The fourth-order valence-electron chi connectivity index (χ4n) is 4.10. The van der Waals surface area contributed by atoms with Crippen LogP contribution in [0.5, 0.6) is 11.5 Å². The quantitative estimate of drug-likeness (QED) is 0.381. The third-order valence-electron chi connectivity index (χ3n) is 5.83. The maximum absolute atomic E-state index is 13.0. The van der Waals surface area contributed by atoms with Crippen LogP contribution < -0.4 is 20.1 Å². The molecule has 0 saturated carbocycles. The van der Waals surface area contributed by atoms with Gasteiger partial charge in [0, 0.05) is 22.4 Å². The number of thiophene rings is 1. The third-order valence-corrected chi connectivity index (χ3v) is 7.51. The van der Waals surface area contributed by atoms with Gasteiger partial charge in [-0.05, 0) is 61.0 Å². The fourth-order valence-corrected chi connectivity index (χ4v) is 5.72. The zero-order chi connectivity index (χ0) is 23.1. The number of benzene rings is 2. The second-order valence-corrected chi connectivity index (χ2v) is 10.1. The summed E-state index contributed by atoms with van der Waals surface area (Å²) in [5, 5.41) is 7.41. The number of carbonyl (C=O) groups is 2. The topological polar surface area (TPSA) is 79.9 Å². The van der Waals surface area contributed by atoms with Gasteiger partial charge >= 0.3 is 5.97 Å². The normalized spacial score (nSPS) is 17.4. The minimum atomic E-state index is -0.476. The molecule has 0 saturated heterocycles. The summed E-state index contributed by atoms with van der Waals surface area (Å²) in [6.45, 7) is 1.81. The largest absolute Gasteiger partial charge is 0.493 e. The second-order valence-electron chi connectivity index (χ2n) is 8.05. The summed E-state index contributed by atoms with van der Waals surface area (Å²) in [5.41, 5.74) is 3.17. The molecule has 1 aromatic heterocycles. The Morgan fingerprint density at radius 3 is 2.70 bits per heavy atom. The van der Waals surface area contributed by atoms with Crippen LogP contribution in [0.15, 0.2) is 46.9 Å². The Labute approximate surface area is 203 Å². The number of likely N-dealkylation sites (N-methyl/N-ethyl adjacent to an activating group) is 1. The summed E-state index contributed by atoms with van der Waals surface area (Å²) in [7, 11) is 3.61. The lowest BCUT2D eigenvalue weighted by Crippen LogP contribution is -2.38. The number of esters is 1. The molecular weight excluding hydrogens is 506 g/mol. The van der Waals surface area contributed by atoms with Crippen LogP contribution in [0.25, 0.3) is 0 Å². The van der Waals surface area contributed by atoms with Crippen molar-refractivity contribution < 1.29 is 19.1 Å². The van der Waals surface area contributed by atoms with Crippen LogP contribution in [0.2, 0.25) is 0 Å². The van der Waals surface area contributed by atoms with Crippen molar-refractivity contribution in [3.8, 4) is 11.5 Å². The number of rotatable bonds is 4. The first-order valence-electron chi connectivity index (χ1n) is 10.5. The van der Waals surface area contributed by atoms with Crippen LogP contribution in [-0.4, -0.2) is 37.5 Å². The van der Waals surface area contributed by atoms with E-state index < -0.39 is 12.1 Å². The molecule has 0 aliphatic carbocycles. The molecule has 9 heteroatoms. The van der Waals surface area contributed by atoms with Gasteiger partial charge in [0.15, 0.2) is 11.5 Å². The molecule has 0 spiro atoms. The molecule has 1 atom stereocenters. The van der Waals surface area contributed by atoms with Crippen molar-refractivity contribution in [2.75, 3.05) is 26.0 Å². The maximum Gasteiger partial charge on any atom is 0.343 e. The first-order valence-corrected chi connectivity index (χ1v) is 12.1. The van der Waals surface area contributed by atoms with Crippen molar-refractivity contribution in [2.45, 2.75) is 19.1 Å². The van der Waals surface area contributed by atoms with Crippen LogP contribution in [0, 0.1) is 0 Å². The summed E-state index contributed by atoms with van der Waals surface area (Å²) < 4.78 is 11.9. The molecule has 2 aromatic carbocycles. The van der Waals surface area contributed by atoms with Gasteiger partial charge in [-0.3, -0.25) is 4.79 Å². The molecule has 2 N–H and O–H groups in total. The zero-order valence-electron chi connectivity index (χ0n) is 18.1. The Bertz CT molecular complexity index is 1240. The molecule has 3 heterocycles. The third kappa shape index (κ3) is 4.23. The predicted octanol–water partition coefficient (Wildman–Crippen LogP) is 4.58. The molecule has 3 aromatic rings. The molecule has 5 rings (SSSR count). The number of nitrogens with one attached hydrogen (secondary N) is 2. The number of ether oxygens (including phenoxy) is 2. The standard InChI is InChI=1S/C24H22BrN3O4S/c1-28-10-9-16-19(12-28)33-23-20(16)22(29)26-21(27-23)14-5-8-17(18(11-14)31-2)32-24(30)13-3-6-15(25)7-4-13/h3-8,11,21,27H,9-10,12H2,1-2H3,(H,26,29)/t21-/m0/s1. The number of amides is 1. The lowest BCUT2D eigenvalue weighted by atomic mass is 10.0. The Morgan fingerprint density at radius 2 is 1.94 bits per heavy atom. The second kappa shape index (κ2) is 8.81. The molecule has 0 radical (unpaired) electrons. The summed E-state index contributed by atoms with van der Waals surface area (Å²) in [5.74, 6) is 0.176. The van der Waals surface area contributed by atoms with E-state index in [1.807, 2.05) is 6.07 Å². The number of hydrogen-bond donors (Lipinski definition) is 2. The number of methoxy groups -OCH3 is 1. The molecule has 2 aliphatic rings. The van der Waals surface area contributed by atoms with Crippen molar-refractivity contribution in [3.63, 3.8) is 0 Å². The average molecular weight is 528 g/mol. The molecule has 0 bridgehead atoms. The van der Waals surface area contributed by atoms with Gasteiger partial charge in [0.05, 0.1) is 18.2 Å². The molecule has 170 valence electrons. The van der Waals surface area contributed by atoms with E-state index in [9.17, 15) is 9.59 Å². The fraction of sp³-hybridized carbons (Fsp3) is 0.250. The number of fused-ring (bicyclic) bond motifs is 3. The Hall–Kier alpha value is -2.88. The Balaban J connectivity index is 1.38. The van der Waals surface area contributed by atoms with Crippen molar-refractivity contribution in [2.24, 2.45) is 0 Å². The molecule has 2 aliphatic heterocycles. The highest BCUT2D eigenvalue weighted by molar-refractivity contribution is 9.10. The van der Waals surface area contributed by atoms with Gasteiger partial charge in [0.1, 0.15) is 11.2 Å². The predicted molar refractivity (Wildman–Crippen MR) is 130 cm³/mol. The van der Waals surface area contributed by atoms with E-state index in [0.29, 0.717) is 17.1 Å². The van der Waals surface area contributed by atoms with E-state index in [1.165, 1.54) is 12.0 Å². The van der Waals surface area contributed by atoms with Crippen LogP contribution >= 0.6 is 27.3 Å². The number of carbonyl (C=O) groups excluding carboxylic acids is 2. The van der Waals surface area contributed by atoms with Crippen molar-refractivity contribution in [1.29, 1.82) is 0 Å². The molecule has 7 nitrogen and oxygen atoms in total. The number of halogens is 1. The number of hydrogen-bond acceptors (Lipinski definition) is 7. The van der Waals surface area contributed by atoms with Crippen LogP contribution in [0.4, 0.5) is 5.00 Å². The summed E-state index contributed by atoms with van der Waals surface area (Å²) in [4.78, 5) is 29.0. The molecule has 0 fully saturated rings. The SMILES string of the molecule is COc1cc([C@H]2NC(=O)c3c(sc4c3CCN(C)C4)N2)ccc1OC(=O)c1ccc(Br)cc1. The van der Waals surface area contributed by atoms with E-state index in [0.717, 1.165) is 45.7 Å². The van der Waals surface area contributed by atoms with Crippen molar-refractivity contribution in [1.82, 2.24) is 10.2 Å². The van der Waals surface area contributed by atoms with Crippen LogP contribution in [0.3, 0.4) is 0 Å². The molecule has 0 unspecified atom stereocenters. The first kappa shape index (κ1) is 21.9. The van der Waals surface area contributed by atoms with Gasteiger partial charge in [-0.1, -0.05) is 22.0 Å². The van der Waals surface area contributed by atoms with Gasteiger partial charge in [-0.25, -0.2) is 4.79 Å². The zero-order valence-corrected chi connectivity index (χ0v) is 20.5. The van der Waals surface area contributed by atoms with Crippen molar-refractivity contribution in [3.05, 3.63) is 74.1 Å². The highest BCUT2D eigenvalue weighted by Crippen LogP contribution is 2.41. The van der Waals surface area contributed by atoms with E-state index >= 15 is 0 Å². The van der Waals surface area contributed by atoms with Gasteiger partial charge in [-0.15, -0.1) is 11.3 Å². The van der Waals surface area contributed by atoms with E-state index in [-0.39, 0.29) is 5.91 Å². The molecule has 33 heavy (non-hydrogen) atoms. The first-order chi connectivity index (χ1) is 15.9. The lowest BCUT2D eigenvalue weighted by molar-refractivity contribution is 0.0729.